The molecule has 0 amide bonds. The molecule has 0 spiro atoms. The fourth-order valence-corrected chi connectivity index (χ4v) is 2.27. The van der Waals surface area contributed by atoms with Gasteiger partial charge in [0.15, 0.2) is 0 Å². The van der Waals surface area contributed by atoms with E-state index < -0.39 is 30.1 Å². The lowest BCUT2D eigenvalue weighted by Crippen LogP contribution is -2.64. The molecular formula is C11H26Cl2N2O5. The van der Waals surface area contributed by atoms with E-state index in [1.807, 2.05) is 0 Å². The normalized spacial score (nSPS) is 25.4. The fraction of sp³-hybridized carbons (Fsp3) is 1.00. The van der Waals surface area contributed by atoms with Crippen molar-refractivity contribution in [3.8, 4) is 0 Å². The van der Waals surface area contributed by atoms with Crippen LogP contribution >= 0.6 is 24.8 Å². The van der Waals surface area contributed by atoms with Crippen LogP contribution in [0.4, 0.5) is 0 Å². The smallest absolute Gasteiger partial charge is 0.145 e. The van der Waals surface area contributed by atoms with Gasteiger partial charge in [-0.3, -0.25) is 0 Å². The van der Waals surface area contributed by atoms with Gasteiger partial charge in [0.2, 0.25) is 0 Å². The highest BCUT2D eigenvalue weighted by Gasteiger charge is 2.45. The average molecular weight is 337 g/mol. The predicted octanol–water partition coefficient (Wildman–Crippen LogP) is -2.06. The number of aliphatic hydroxyl groups is 5. The summed E-state index contributed by atoms with van der Waals surface area (Å²) in [4.78, 5) is 0. The van der Waals surface area contributed by atoms with Crippen LogP contribution in [-0.2, 0) is 0 Å². The number of rotatable bonds is 5. The molecule has 0 radical (unpaired) electrons. The molecule has 7 nitrogen and oxygen atoms in total. The van der Waals surface area contributed by atoms with Gasteiger partial charge in [-0.2, -0.15) is 0 Å². The van der Waals surface area contributed by atoms with Crippen LogP contribution in [-0.4, -0.2) is 68.8 Å². The van der Waals surface area contributed by atoms with Crippen LogP contribution in [0.5, 0.6) is 0 Å². The molecule has 1 heterocycles. The van der Waals surface area contributed by atoms with Crippen molar-refractivity contribution in [2.75, 3.05) is 13.1 Å². The second kappa shape index (κ2) is 9.34. The predicted molar refractivity (Wildman–Crippen MR) is 78.9 cm³/mol. The van der Waals surface area contributed by atoms with E-state index >= 15 is 0 Å². The van der Waals surface area contributed by atoms with E-state index in [0.717, 1.165) is 0 Å². The first-order valence-corrected chi connectivity index (χ1v) is 6.22. The average Bonchev–Trinajstić information content (AvgIpc) is 2.36. The zero-order valence-electron chi connectivity index (χ0n) is 11.3. The summed E-state index contributed by atoms with van der Waals surface area (Å²) in [5, 5.41) is 51.5. The number of nitrogens with one attached hydrogen (secondary N) is 1. The summed E-state index contributed by atoms with van der Waals surface area (Å²) in [6.45, 7) is 2.62. The largest absolute Gasteiger partial charge is 0.391 e. The van der Waals surface area contributed by atoms with E-state index in [1.54, 1.807) is 0 Å². The standard InChI is InChI=1S/C11H24N2O5.2ClH/c1-6(14)8(15)9(16)10(17)11(12,18)7-2-4-13-5-3-7;;/h6-10,13-18H,2-5,12H2,1H3;2*1H. The minimum absolute atomic E-state index is 0. The van der Waals surface area contributed by atoms with Gasteiger partial charge >= 0.3 is 0 Å². The molecule has 0 aromatic carbocycles. The van der Waals surface area contributed by atoms with E-state index in [9.17, 15) is 20.4 Å². The Morgan fingerprint density at radius 1 is 1.05 bits per heavy atom. The molecular weight excluding hydrogens is 311 g/mol. The van der Waals surface area contributed by atoms with Crippen molar-refractivity contribution >= 4 is 24.8 Å². The Kier molecular flexibility index (Phi) is 10.5. The van der Waals surface area contributed by atoms with Crippen molar-refractivity contribution in [3.05, 3.63) is 0 Å². The summed E-state index contributed by atoms with van der Waals surface area (Å²) >= 11 is 0. The Morgan fingerprint density at radius 3 is 1.90 bits per heavy atom. The molecule has 0 bridgehead atoms. The maximum atomic E-state index is 10.2. The number of halogens is 2. The Morgan fingerprint density at radius 2 is 1.50 bits per heavy atom. The molecule has 20 heavy (non-hydrogen) atoms. The molecule has 5 atom stereocenters. The van der Waals surface area contributed by atoms with Gasteiger partial charge in [-0.25, -0.2) is 0 Å². The molecule has 1 saturated heterocycles. The zero-order valence-corrected chi connectivity index (χ0v) is 13.0. The second-order valence-electron chi connectivity index (χ2n) is 5.08. The Bertz CT molecular complexity index is 265. The Hall–Kier alpha value is 0.300. The number of nitrogens with two attached hydrogens (primary N) is 1. The maximum absolute atomic E-state index is 10.2. The molecule has 0 aromatic heterocycles. The van der Waals surface area contributed by atoms with E-state index in [4.69, 9.17) is 10.8 Å². The first-order valence-electron chi connectivity index (χ1n) is 6.22. The molecule has 1 aliphatic rings. The van der Waals surface area contributed by atoms with Crippen LogP contribution in [0.3, 0.4) is 0 Å². The summed E-state index contributed by atoms with van der Waals surface area (Å²) in [6.07, 6.45) is -5.06. The van der Waals surface area contributed by atoms with Gasteiger partial charge in [0.25, 0.3) is 0 Å². The number of hydrogen-bond acceptors (Lipinski definition) is 7. The van der Waals surface area contributed by atoms with Gasteiger partial charge in [0.05, 0.1) is 6.10 Å². The lowest BCUT2D eigenvalue weighted by molar-refractivity contribution is -0.187. The SMILES string of the molecule is CC(O)C(O)C(O)C(O)C(N)(O)C1CCNCC1.Cl.Cl. The van der Waals surface area contributed by atoms with Crippen molar-refractivity contribution in [2.24, 2.45) is 11.7 Å². The van der Waals surface area contributed by atoms with Crippen molar-refractivity contribution < 1.29 is 25.5 Å². The lowest BCUT2D eigenvalue weighted by atomic mass is 9.81. The van der Waals surface area contributed by atoms with Crippen molar-refractivity contribution in [3.63, 3.8) is 0 Å². The van der Waals surface area contributed by atoms with Crippen LogP contribution in [0.15, 0.2) is 0 Å². The third-order valence-corrected chi connectivity index (χ3v) is 3.63. The number of hydrogen-bond donors (Lipinski definition) is 7. The first-order chi connectivity index (χ1) is 8.28. The van der Waals surface area contributed by atoms with Crippen LogP contribution in [0.25, 0.3) is 0 Å². The Labute approximate surface area is 131 Å². The second-order valence-corrected chi connectivity index (χ2v) is 5.08. The molecule has 1 rings (SSSR count). The van der Waals surface area contributed by atoms with Crippen LogP contribution < -0.4 is 11.1 Å². The highest BCUT2D eigenvalue weighted by atomic mass is 35.5. The van der Waals surface area contributed by atoms with Gasteiger partial charge in [-0.05, 0) is 32.9 Å². The molecule has 8 N–H and O–H groups in total. The monoisotopic (exact) mass is 336 g/mol. The van der Waals surface area contributed by atoms with Crippen LogP contribution in [0.1, 0.15) is 19.8 Å². The van der Waals surface area contributed by atoms with Crippen molar-refractivity contribution in [1.29, 1.82) is 0 Å². The molecule has 0 aliphatic carbocycles. The molecule has 1 aliphatic heterocycles. The molecule has 5 unspecified atom stereocenters. The van der Waals surface area contributed by atoms with E-state index in [1.165, 1.54) is 6.92 Å². The Balaban J connectivity index is 0. The van der Waals surface area contributed by atoms with Crippen molar-refractivity contribution in [1.82, 2.24) is 5.32 Å². The quantitative estimate of drug-likeness (QED) is 0.286. The molecule has 124 valence electrons. The van der Waals surface area contributed by atoms with E-state index in [2.05, 4.69) is 5.32 Å². The summed E-state index contributed by atoms with van der Waals surface area (Å²) in [7, 11) is 0. The maximum Gasteiger partial charge on any atom is 0.145 e. The minimum Gasteiger partial charge on any atom is -0.391 e. The molecule has 1 fully saturated rings. The van der Waals surface area contributed by atoms with Crippen LogP contribution in [0.2, 0.25) is 0 Å². The van der Waals surface area contributed by atoms with Crippen molar-refractivity contribution in [2.45, 2.75) is 49.9 Å². The van der Waals surface area contributed by atoms with E-state index in [0.29, 0.717) is 25.9 Å². The fourth-order valence-electron chi connectivity index (χ4n) is 2.27. The molecule has 0 saturated carbocycles. The van der Waals surface area contributed by atoms with Crippen LogP contribution in [0, 0.1) is 5.92 Å². The highest BCUT2D eigenvalue weighted by Crippen LogP contribution is 2.27. The number of piperidine rings is 1. The highest BCUT2D eigenvalue weighted by molar-refractivity contribution is 5.85. The van der Waals surface area contributed by atoms with Gasteiger partial charge in [0, 0.05) is 5.92 Å². The van der Waals surface area contributed by atoms with Gasteiger partial charge in [0.1, 0.15) is 24.0 Å². The van der Waals surface area contributed by atoms with Gasteiger partial charge in [-0.15, -0.1) is 24.8 Å². The lowest BCUT2D eigenvalue weighted by Gasteiger charge is -2.41. The molecule has 0 aromatic rings. The molecule has 9 heteroatoms. The van der Waals surface area contributed by atoms with E-state index in [-0.39, 0.29) is 30.7 Å². The summed E-state index contributed by atoms with van der Waals surface area (Å²) in [6, 6.07) is 0. The minimum atomic E-state index is -1.99. The van der Waals surface area contributed by atoms with Gasteiger partial charge in [-0.1, -0.05) is 0 Å². The topological polar surface area (TPSA) is 139 Å². The summed E-state index contributed by atoms with van der Waals surface area (Å²) in [5.41, 5.74) is 3.71. The summed E-state index contributed by atoms with van der Waals surface area (Å²) in [5.74, 6) is -0.371. The third-order valence-electron chi connectivity index (χ3n) is 3.63. The summed E-state index contributed by atoms with van der Waals surface area (Å²) < 4.78 is 0. The first kappa shape index (κ1) is 22.6. The number of aliphatic hydroxyl groups excluding tert-OH is 4. The van der Waals surface area contributed by atoms with Gasteiger partial charge < -0.3 is 36.6 Å². The third kappa shape index (κ3) is 5.25. The zero-order chi connectivity index (χ0) is 13.9.